The highest BCUT2D eigenvalue weighted by atomic mass is 35.5. The molecule has 1 aromatic rings. The van der Waals surface area contributed by atoms with Gasteiger partial charge in [-0.05, 0) is 37.9 Å². The minimum atomic E-state index is -0.803. The van der Waals surface area contributed by atoms with E-state index in [1.165, 1.54) is 0 Å². The summed E-state index contributed by atoms with van der Waals surface area (Å²) in [6, 6.07) is 7.29. The van der Waals surface area contributed by atoms with Crippen LogP contribution in [0.25, 0.3) is 0 Å². The lowest BCUT2D eigenvalue weighted by Crippen LogP contribution is -2.42. The number of benzene rings is 1. The van der Waals surface area contributed by atoms with Crippen LogP contribution in [-0.4, -0.2) is 54.0 Å². The predicted molar refractivity (Wildman–Crippen MR) is 101 cm³/mol. The van der Waals surface area contributed by atoms with Crippen LogP contribution >= 0.6 is 12.4 Å². The van der Waals surface area contributed by atoms with Gasteiger partial charge in [-0.25, -0.2) is 0 Å². The Morgan fingerprint density at radius 1 is 1.19 bits per heavy atom. The zero-order valence-electron chi connectivity index (χ0n) is 14.5. The first-order valence-electron chi connectivity index (χ1n) is 8.69. The SMILES string of the molecule is Cl.O=C(CN1CCCC(C(=O)O)C1)Nc1ccccc1N1CCCC1=O. The van der Waals surface area contributed by atoms with Gasteiger partial charge in [0.05, 0.1) is 23.8 Å². The Morgan fingerprint density at radius 3 is 2.65 bits per heavy atom. The number of hydrogen-bond acceptors (Lipinski definition) is 4. The number of rotatable bonds is 5. The van der Waals surface area contributed by atoms with Gasteiger partial charge in [-0.2, -0.15) is 0 Å². The van der Waals surface area contributed by atoms with Gasteiger partial charge in [0.25, 0.3) is 0 Å². The maximum absolute atomic E-state index is 12.4. The number of hydrogen-bond donors (Lipinski definition) is 2. The molecule has 0 aliphatic carbocycles. The van der Waals surface area contributed by atoms with Crippen molar-refractivity contribution in [2.75, 3.05) is 36.4 Å². The van der Waals surface area contributed by atoms with Crippen molar-refractivity contribution in [2.24, 2.45) is 5.92 Å². The summed E-state index contributed by atoms with van der Waals surface area (Å²) in [7, 11) is 0. The topological polar surface area (TPSA) is 89.9 Å². The van der Waals surface area contributed by atoms with Gasteiger partial charge in [0, 0.05) is 19.5 Å². The van der Waals surface area contributed by atoms with Crippen LogP contribution in [0.5, 0.6) is 0 Å². The van der Waals surface area contributed by atoms with E-state index in [1.807, 2.05) is 23.1 Å². The van der Waals surface area contributed by atoms with E-state index >= 15 is 0 Å². The second kappa shape index (κ2) is 9.00. The molecule has 1 atom stereocenters. The van der Waals surface area contributed by atoms with E-state index in [9.17, 15) is 14.4 Å². The molecule has 7 nitrogen and oxygen atoms in total. The van der Waals surface area contributed by atoms with Crippen molar-refractivity contribution >= 4 is 41.6 Å². The minimum Gasteiger partial charge on any atom is -0.481 e. The second-order valence-electron chi connectivity index (χ2n) is 6.63. The summed E-state index contributed by atoms with van der Waals surface area (Å²) in [5.41, 5.74) is 1.34. The van der Waals surface area contributed by atoms with E-state index in [-0.39, 0.29) is 30.8 Å². The van der Waals surface area contributed by atoms with Gasteiger partial charge in [-0.1, -0.05) is 12.1 Å². The smallest absolute Gasteiger partial charge is 0.307 e. The molecule has 2 heterocycles. The summed E-state index contributed by atoms with van der Waals surface area (Å²) < 4.78 is 0. The average molecular weight is 382 g/mol. The van der Waals surface area contributed by atoms with Gasteiger partial charge in [-0.3, -0.25) is 19.3 Å². The predicted octanol–water partition coefficient (Wildman–Crippen LogP) is 1.97. The van der Waals surface area contributed by atoms with Crippen molar-refractivity contribution in [2.45, 2.75) is 25.7 Å². The number of aliphatic carboxylic acids is 1. The zero-order valence-corrected chi connectivity index (χ0v) is 15.3. The van der Waals surface area contributed by atoms with Crippen molar-refractivity contribution in [3.63, 3.8) is 0 Å². The molecule has 2 saturated heterocycles. The van der Waals surface area contributed by atoms with E-state index in [1.54, 1.807) is 11.0 Å². The summed E-state index contributed by atoms with van der Waals surface area (Å²) in [4.78, 5) is 39.1. The lowest BCUT2D eigenvalue weighted by molar-refractivity contribution is -0.144. The van der Waals surface area contributed by atoms with Gasteiger partial charge in [0.1, 0.15) is 0 Å². The molecular formula is C18H24ClN3O4. The molecule has 3 rings (SSSR count). The standard InChI is InChI=1S/C18H23N3O4.ClH/c22-16(12-20-9-3-5-13(11-20)18(24)25)19-14-6-1-2-7-15(14)21-10-4-8-17(21)23;/h1-2,6-7,13H,3-5,8-12H2,(H,19,22)(H,24,25);1H. The molecule has 2 aliphatic heterocycles. The fourth-order valence-electron chi connectivity index (χ4n) is 3.51. The molecule has 2 N–H and O–H groups in total. The minimum absolute atomic E-state index is 0. The van der Waals surface area contributed by atoms with E-state index in [2.05, 4.69) is 5.32 Å². The number of carbonyl (C=O) groups is 3. The molecule has 0 saturated carbocycles. The Morgan fingerprint density at radius 2 is 1.96 bits per heavy atom. The maximum atomic E-state index is 12.4. The first-order valence-corrected chi connectivity index (χ1v) is 8.69. The number of carbonyl (C=O) groups excluding carboxylic acids is 2. The molecular weight excluding hydrogens is 358 g/mol. The number of nitrogens with one attached hydrogen (secondary N) is 1. The number of carboxylic acid groups (broad SMARTS) is 1. The molecule has 8 heteroatoms. The third kappa shape index (κ3) is 4.74. The quantitative estimate of drug-likeness (QED) is 0.813. The molecule has 142 valence electrons. The largest absolute Gasteiger partial charge is 0.481 e. The summed E-state index contributed by atoms with van der Waals surface area (Å²) in [5.74, 6) is -1.33. The number of amides is 2. The Hall–Kier alpha value is -2.12. The number of halogens is 1. The second-order valence-corrected chi connectivity index (χ2v) is 6.63. The van der Waals surface area contributed by atoms with Crippen molar-refractivity contribution in [1.29, 1.82) is 0 Å². The third-order valence-corrected chi connectivity index (χ3v) is 4.76. The van der Waals surface area contributed by atoms with Crippen LogP contribution in [0.15, 0.2) is 24.3 Å². The van der Waals surface area contributed by atoms with Crippen LogP contribution in [0.2, 0.25) is 0 Å². The number of para-hydroxylation sites is 2. The Bertz CT molecular complexity index is 682. The van der Waals surface area contributed by atoms with Crippen LogP contribution < -0.4 is 10.2 Å². The van der Waals surface area contributed by atoms with Crippen molar-refractivity contribution in [1.82, 2.24) is 4.90 Å². The van der Waals surface area contributed by atoms with Crippen LogP contribution in [0.4, 0.5) is 11.4 Å². The first-order chi connectivity index (χ1) is 12.0. The molecule has 26 heavy (non-hydrogen) atoms. The van der Waals surface area contributed by atoms with E-state index in [0.717, 1.165) is 25.1 Å². The van der Waals surface area contributed by atoms with Crippen LogP contribution in [-0.2, 0) is 14.4 Å². The van der Waals surface area contributed by atoms with Gasteiger partial charge >= 0.3 is 5.97 Å². The maximum Gasteiger partial charge on any atom is 0.307 e. The molecule has 0 bridgehead atoms. The van der Waals surface area contributed by atoms with Gasteiger partial charge in [0.15, 0.2) is 0 Å². The Labute approximate surface area is 158 Å². The van der Waals surface area contributed by atoms with E-state index < -0.39 is 11.9 Å². The molecule has 0 radical (unpaired) electrons. The fraction of sp³-hybridized carbons (Fsp3) is 0.500. The number of anilines is 2. The summed E-state index contributed by atoms with van der Waals surface area (Å²) in [5, 5.41) is 12.0. The Balaban J connectivity index is 0.00000243. The van der Waals surface area contributed by atoms with Crippen molar-refractivity contribution in [3.05, 3.63) is 24.3 Å². The molecule has 2 amide bonds. The van der Waals surface area contributed by atoms with E-state index in [4.69, 9.17) is 5.11 Å². The lowest BCUT2D eigenvalue weighted by Gasteiger charge is -2.30. The Kier molecular flexibility index (Phi) is 6.99. The third-order valence-electron chi connectivity index (χ3n) is 4.76. The molecule has 1 aromatic carbocycles. The molecule has 1 unspecified atom stereocenters. The zero-order chi connectivity index (χ0) is 17.8. The molecule has 0 spiro atoms. The summed E-state index contributed by atoms with van der Waals surface area (Å²) >= 11 is 0. The summed E-state index contributed by atoms with van der Waals surface area (Å²) in [6.45, 7) is 1.95. The monoisotopic (exact) mass is 381 g/mol. The average Bonchev–Trinajstić information content (AvgIpc) is 3.01. The highest BCUT2D eigenvalue weighted by Gasteiger charge is 2.27. The lowest BCUT2D eigenvalue weighted by atomic mass is 9.98. The van der Waals surface area contributed by atoms with E-state index in [0.29, 0.717) is 31.6 Å². The van der Waals surface area contributed by atoms with Crippen LogP contribution in [0, 0.1) is 5.92 Å². The summed E-state index contributed by atoms with van der Waals surface area (Å²) in [6.07, 6.45) is 2.80. The number of carboxylic acids is 1. The van der Waals surface area contributed by atoms with Gasteiger partial charge in [-0.15, -0.1) is 12.4 Å². The van der Waals surface area contributed by atoms with Gasteiger partial charge < -0.3 is 15.3 Å². The fourth-order valence-corrected chi connectivity index (χ4v) is 3.51. The molecule has 2 fully saturated rings. The van der Waals surface area contributed by atoms with Crippen LogP contribution in [0.1, 0.15) is 25.7 Å². The van der Waals surface area contributed by atoms with Gasteiger partial charge in [0.2, 0.25) is 11.8 Å². The first kappa shape index (κ1) is 20.2. The normalized spacial score (nSPS) is 20.5. The molecule has 0 aromatic heterocycles. The number of piperidine rings is 1. The highest BCUT2D eigenvalue weighted by molar-refractivity contribution is 6.02. The van der Waals surface area contributed by atoms with Crippen molar-refractivity contribution in [3.8, 4) is 0 Å². The highest BCUT2D eigenvalue weighted by Crippen LogP contribution is 2.29. The van der Waals surface area contributed by atoms with Crippen LogP contribution in [0.3, 0.4) is 0 Å². The van der Waals surface area contributed by atoms with Crippen molar-refractivity contribution < 1.29 is 19.5 Å². The number of likely N-dealkylation sites (tertiary alicyclic amines) is 1. The number of nitrogens with zero attached hydrogens (tertiary/aromatic N) is 2. The molecule has 2 aliphatic rings.